The minimum Gasteiger partial charge on any atom is -0.444 e. The molecule has 1 unspecified atom stereocenters. The van der Waals surface area contributed by atoms with Crippen LogP contribution in [-0.4, -0.2) is 34.5 Å². The van der Waals surface area contributed by atoms with Gasteiger partial charge in [0.1, 0.15) is 5.60 Å². The molecule has 0 aromatic carbocycles. The summed E-state index contributed by atoms with van der Waals surface area (Å²) in [6.07, 6.45) is -0.163. The molecule has 80 valence electrons. The van der Waals surface area contributed by atoms with Crippen LogP contribution in [0.3, 0.4) is 0 Å². The van der Waals surface area contributed by atoms with Gasteiger partial charge in [0.05, 0.1) is 0 Å². The standard InChI is InChI=1S/C10H16BrNO2/c1-10(2,3)14-9(13)12-4-6-7(5-12)8(6)11/h6-8H,4-5H2,1-3H3/t6-,7+,8?. The number of nitrogens with zero attached hydrogens (tertiary/aromatic N) is 1. The summed E-state index contributed by atoms with van der Waals surface area (Å²) in [6.45, 7) is 7.41. The first kappa shape index (κ1) is 10.3. The van der Waals surface area contributed by atoms with Crippen LogP contribution in [0.4, 0.5) is 4.79 Å². The zero-order chi connectivity index (χ0) is 10.5. The van der Waals surface area contributed by atoms with Crippen molar-refractivity contribution >= 4 is 22.0 Å². The highest BCUT2D eigenvalue weighted by Gasteiger charge is 2.55. The normalized spacial score (nSPS) is 35.4. The van der Waals surface area contributed by atoms with Crippen LogP contribution in [0.1, 0.15) is 20.8 Å². The van der Waals surface area contributed by atoms with Crippen LogP contribution in [-0.2, 0) is 4.74 Å². The molecule has 1 amide bonds. The number of likely N-dealkylation sites (tertiary alicyclic amines) is 1. The van der Waals surface area contributed by atoms with Crippen molar-refractivity contribution in [3.05, 3.63) is 0 Å². The molecule has 2 fully saturated rings. The molecule has 0 aromatic rings. The average molecular weight is 262 g/mol. The van der Waals surface area contributed by atoms with Gasteiger partial charge in [0.15, 0.2) is 0 Å². The Hall–Kier alpha value is -0.250. The van der Waals surface area contributed by atoms with Crippen LogP contribution < -0.4 is 0 Å². The summed E-state index contributed by atoms with van der Waals surface area (Å²) in [5, 5.41) is 0. The topological polar surface area (TPSA) is 29.5 Å². The van der Waals surface area contributed by atoms with E-state index in [0.717, 1.165) is 13.1 Å². The lowest BCUT2D eigenvalue weighted by atomic mass is 10.2. The van der Waals surface area contributed by atoms with Gasteiger partial charge in [-0.25, -0.2) is 4.79 Å². The van der Waals surface area contributed by atoms with Gasteiger partial charge in [0.2, 0.25) is 0 Å². The molecule has 14 heavy (non-hydrogen) atoms. The van der Waals surface area contributed by atoms with Crippen molar-refractivity contribution in [2.45, 2.75) is 31.2 Å². The second kappa shape index (κ2) is 3.12. The van der Waals surface area contributed by atoms with Crippen molar-refractivity contribution in [2.75, 3.05) is 13.1 Å². The third kappa shape index (κ3) is 1.90. The van der Waals surface area contributed by atoms with E-state index in [9.17, 15) is 4.79 Å². The number of amides is 1. The number of ether oxygens (including phenoxy) is 1. The first-order valence-corrected chi connectivity index (χ1v) is 5.92. The van der Waals surface area contributed by atoms with Crippen LogP contribution in [0.5, 0.6) is 0 Å². The number of carbonyl (C=O) groups excluding carboxylic acids is 1. The third-order valence-electron chi connectivity index (χ3n) is 2.74. The lowest BCUT2D eigenvalue weighted by molar-refractivity contribution is 0.0275. The Bertz CT molecular complexity index is 249. The molecule has 0 spiro atoms. The van der Waals surface area contributed by atoms with Crippen molar-refractivity contribution in [1.29, 1.82) is 0 Å². The zero-order valence-electron chi connectivity index (χ0n) is 8.79. The van der Waals surface area contributed by atoms with E-state index in [1.807, 2.05) is 25.7 Å². The summed E-state index contributed by atoms with van der Waals surface area (Å²) in [5.74, 6) is 1.34. The van der Waals surface area contributed by atoms with Crippen molar-refractivity contribution in [3.8, 4) is 0 Å². The molecule has 1 aliphatic carbocycles. The molecule has 1 saturated carbocycles. The maximum atomic E-state index is 11.6. The SMILES string of the molecule is CC(C)(C)OC(=O)N1C[C@@H]2C(Br)[C@@H]2C1. The fraction of sp³-hybridized carbons (Fsp3) is 0.900. The predicted octanol–water partition coefficient (Wildman–Crippen LogP) is 2.25. The van der Waals surface area contributed by atoms with Crippen LogP contribution in [0.15, 0.2) is 0 Å². The molecule has 0 bridgehead atoms. The summed E-state index contributed by atoms with van der Waals surface area (Å²) in [7, 11) is 0. The Morgan fingerprint density at radius 3 is 2.29 bits per heavy atom. The van der Waals surface area contributed by atoms with Gasteiger partial charge < -0.3 is 9.64 Å². The highest BCUT2D eigenvalue weighted by Crippen LogP contribution is 2.50. The Kier molecular flexibility index (Phi) is 2.29. The van der Waals surface area contributed by atoms with Gasteiger partial charge in [-0.3, -0.25) is 0 Å². The van der Waals surface area contributed by atoms with Crippen LogP contribution in [0.2, 0.25) is 0 Å². The maximum absolute atomic E-state index is 11.6. The summed E-state index contributed by atoms with van der Waals surface area (Å²) >= 11 is 3.58. The third-order valence-corrected chi connectivity index (χ3v) is 4.10. The van der Waals surface area contributed by atoms with Crippen molar-refractivity contribution in [1.82, 2.24) is 4.90 Å². The second-order valence-electron chi connectivity index (χ2n) is 5.16. The van der Waals surface area contributed by atoms with E-state index < -0.39 is 0 Å². The average Bonchev–Trinajstić information content (AvgIpc) is 2.47. The lowest BCUT2D eigenvalue weighted by Gasteiger charge is -2.25. The predicted molar refractivity (Wildman–Crippen MR) is 57.5 cm³/mol. The van der Waals surface area contributed by atoms with E-state index in [0.29, 0.717) is 16.7 Å². The number of halogens is 1. The largest absolute Gasteiger partial charge is 0.444 e. The van der Waals surface area contributed by atoms with Gasteiger partial charge in [-0.1, -0.05) is 15.9 Å². The minimum absolute atomic E-state index is 0.163. The van der Waals surface area contributed by atoms with E-state index in [2.05, 4.69) is 15.9 Å². The molecule has 1 heterocycles. The fourth-order valence-electron chi connectivity index (χ4n) is 1.93. The van der Waals surface area contributed by atoms with Crippen LogP contribution in [0, 0.1) is 11.8 Å². The molecular weight excluding hydrogens is 246 g/mol. The number of fused-ring (bicyclic) bond motifs is 1. The molecule has 2 aliphatic rings. The van der Waals surface area contributed by atoms with Gasteiger partial charge in [-0.05, 0) is 32.6 Å². The van der Waals surface area contributed by atoms with Crippen molar-refractivity contribution in [3.63, 3.8) is 0 Å². The van der Waals surface area contributed by atoms with E-state index in [4.69, 9.17) is 4.74 Å². The summed E-state index contributed by atoms with van der Waals surface area (Å²) in [5.41, 5.74) is -0.377. The summed E-state index contributed by atoms with van der Waals surface area (Å²) in [6, 6.07) is 0. The molecule has 2 rings (SSSR count). The second-order valence-corrected chi connectivity index (χ2v) is 6.21. The number of hydrogen-bond donors (Lipinski definition) is 0. The molecule has 0 N–H and O–H groups in total. The quantitative estimate of drug-likeness (QED) is 0.626. The Balaban J connectivity index is 1.84. The van der Waals surface area contributed by atoms with E-state index >= 15 is 0 Å². The zero-order valence-corrected chi connectivity index (χ0v) is 10.4. The van der Waals surface area contributed by atoms with Crippen molar-refractivity contribution < 1.29 is 9.53 Å². The van der Waals surface area contributed by atoms with Gasteiger partial charge in [0.25, 0.3) is 0 Å². The number of hydrogen-bond acceptors (Lipinski definition) is 2. The Labute approximate surface area is 92.9 Å². The summed E-state index contributed by atoms with van der Waals surface area (Å²) < 4.78 is 5.30. The number of carbonyl (C=O) groups is 1. The molecule has 0 aromatic heterocycles. The highest BCUT2D eigenvalue weighted by molar-refractivity contribution is 9.09. The summed E-state index contributed by atoms with van der Waals surface area (Å²) in [4.78, 5) is 14.1. The number of rotatable bonds is 0. The molecule has 1 saturated heterocycles. The van der Waals surface area contributed by atoms with E-state index in [1.165, 1.54) is 0 Å². The monoisotopic (exact) mass is 261 g/mol. The lowest BCUT2D eigenvalue weighted by Crippen LogP contribution is -2.37. The molecule has 1 aliphatic heterocycles. The molecule has 3 nitrogen and oxygen atoms in total. The molecule has 0 radical (unpaired) electrons. The van der Waals surface area contributed by atoms with Gasteiger partial charge in [0, 0.05) is 17.9 Å². The Morgan fingerprint density at radius 1 is 1.36 bits per heavy atom. The number of piperidine rings is 1. The molecule has 4 heteroatoms. The minimum atomic E-state index is -0.377. The van der Waals surface area contributed by atoms with Crippen molar-refractivity contribution in [2.24, 2.45) is 11.8 Å². The molecule has 3 atom stereocenters. The van der Waals surface area contributed by atoms with E-state index in [-0.39, 0.29) is 11.7 Å². The van der Waals surface area contributed by atoms with Gasteiger partial charge >= 0.3 is 6.09 Å². The molecular formula is C10H16BrNO2. The van der Waals surface area contributed by atoms with Crippen LogP contribution >= 0.6 is 15.9 Å². The maximum Gasteiger partial charge on any atom is 0.410 e. The van der Waals surface area contributed by atoms with Crippen LogP contribution in [0.25, 0.3) is 0 Å². The van der Waals surface area contributed by atoms with Gasteiger partial charge in [-0.2, -0.15) is 0 Å². The van der Waals surface area contributed by atoms with Gasteiger partial charge in [-0.15, -0.1) is 0 Å². The smallest absolute Gasteiger partial charge is 0.410 e. The highest BCUT2D eigenvalue weighted by atomic mass is 79.9. The fourth-order valence-corrected chi connectivity index (χ4v) is 2.87. The first-order valence-electron chi connectivity index (χ1n) is 5.00. The Morgan fingerprint density at radius 2 is 1.86 bits per heavy atom. The first-order chi connectivity index (χ1) is 6.38. The number of alkyl halides is 1. The van der Waals surface area contributed by atoms with E-state index in [1.54, 1.807) is 0 Å².